The highest BCUT2D eigenvalue weighted by molar-refractivity contribution is 5.84. The number of ether oxygens (including phenoxy) is 1. The minimum Gasteiger partial charge on any atom is -0.461 e. The zero-order valence-corrected chi connectivity index (χ0v) is 20.3. The van der Waals surface area contributed by atoms with Gasteiger partial charge in [-0.3, -0.25) is 9.59 Å². The van der Waals surface area contributed by atoms with E-state index in [1.165, 1.54) is 0 Å². The molecule has 1 aromatic rings. The summed E-state index contributed by atoms with van der Waals surface area (Å²) in [6, 6.07) is 9.50. The third kappa shape index (κ3) is 9.41. The van der Waals surface area contributed by atoms with Crippen molar-refractivity contribution in [3.05, 3.63) is 35.9 Å². The van der Waals surface area contributed by atoms with Gasteiger partial charge in [-0.15, -0.1) is 0 Å². The lowest BCUT2D eigenvalue weighted by Crippen LogP contribution is -2.34. The molecule has 0 radical (unpaired) electrons. The quantitative estimate of drug-likeness (QED) is 0.237. The van der Waals surface area contributed by atoms with E-state index in [0.29, 0.717) is 32.1 Å². The average Bonchev–Trinajstić information content (AvgIpc) is 3.09. The second-order valence-corrected chi connectivity index (χ2v) is 9.57. The van der Waals surface area contributed by atoms with Gasteiger partial charge in [-0.25, -0.2) is 8.78 Å². The van der Waals surface area contributed by atoms with Crippen LogP contribution in [0.15, 0.2) is 30.3 Å². The Morgan fingerprint density at radius 1 is 1.12 bits per heavy atom. The van der Waals surface area contributed by atoms with Gasteiger partial charge in [-0.1, -0.05) is 62.9 Å². The van der Waals surface area contributed by atoms with Crippen molar-refractivity contribution >= 4 is 11.8 Å². The highest BCUT2D eigenvalue weighted by Gasteiger charge is 2.43. The molecule has 1 aliphatic carbocycles. The number of halogens is 2. The van der Waals surface area contributed by atoms with E-state index in [9.17, 15) is 28.6 Å². The molecule has 4 atom stereocenters. The van der Waals surface area contributed by atoms with Crippen molar-refractivity contribution in [3.63, 3.8) is 0 Å². The minimum atomic E-state index is -3.14. The van der Waals surface area contributed by atoms with Crippen LogP contribution in [-0.2, 0) is 20.9 Å². The van der Waals surface area contributed by atoms with E-state index in [4.69, 9.17) is 4.74 Å². The number of aliphatic hydroxyl groups excluding tert-OH is 2. The molecule has 7 heteroatoms. The van der Waals surface area contributed by atoms with Crippen LogP contribution >= 0.6 is 0 Å². The van der Waals surface area contributed by atoms with E-state index in [2.05, 4.69) is 0 Å². The number of Topliss-reactive ketones (excluding diaryl/α,β-unsaturated/α-hetero) is 1. The number of benzene rings is 1. The molecule has 0 amide bonds. The number of alkyl halides is 2. The summed E-state index contributed by atoms with van der Waals surface area (Å²) < 4.78 is 33.4. The molecule has 0 saturated heterocycles. The first-order valence-corrected chi connectivity index (χ1v) is 12.7. The summed E-state index contributed by atoms with van der Waals surface area (Å²) in [6.07, 6.45) is 2.32. The van der Waals surface area contributed by atoms with Crippen LogP contribution in [0.2, 0.25) is 0 Å². The van der Waals surface area contributed by atoms with Crippen LogP contribution in [0, 0.1) is 11.8 Å². The number of unbranched alkanes of at least 4 members (excludes halogenated alkanes) is 4. The maximum Gasteiger partial charge on any atom is 0.306 e. The lowest BCUT2D eigenvalue weighted by molar-refractivity contribution is -0.145. The van der Waals surface area contributed by atoms with Crippen LogP contribution in [-0.4, -0.2) is 40.1 Å². The van der Waals surface area contributed by atoms with Gasteiger partial charge in [0.1, 0.15) is 18.5 Å². The summed E-state index contributed by atoms with van der Waals surface area (Å²) in [6.45, 7) is 2.09. The number of esters is 1. The molecular weight excluding hydrogens is 442 g/mol. The van der Waals surface area contributed by atoms with Gasteiger partial charge in [0.15, 0.2) is 0 Å². The molecule has 1 saturated carbocycles. The molecule has 0 aliphatic heterocycles. The van der Waals surface area contributed by atoms with Gasteiger partial charge in [0.05, 0.1) is 6.10 Å². The highest BCUT2D eigenvalue weighted by Crippen LogP contribution is 2.38. The van der Waals surface area contributed by atoms with Crippen LogP contribution in [0.3, 0.4) is 0 Å². The molecule has 0 spiro atoms. The summed E-state index contributed by atoms with van der Waals surface area (Å²) in [5.74, 6) is -4.11. The molecule has 0 heterocycles. The molecule has 34 heavy (non-hydrogen) atoms. The molecule has 1 fully saturated rings. The maximum absolute atomic E-state index is 14.0. The van der Waals surface area contributed by atoms with Crippen LogP contribution < -0.4 is 0 Å². The van der Waals surface area contributed by atoms with Crippen LogP contribution in [0.1, 0.15) is 89.5 Å². The highest BCUT2D eigenvalue weighted by atomic mass is 19.3. The molecule has 192 valence electrons. The topological polar surface area (TPSA) is 83.8 Å². The van der Waals surface area contributed by atoms with Crippen molar-refractivity contribution in [3.8, 4) is 0 Å². The maximum atomic E-state index is 14.0. The van der Waals surface area contributed by atoms with Crippen molar-refractivity contribution in [2.24, 2.45) is 11.8 Å². The molecule has 0 bridgehead atoms. The second-order valence-electron chi connectivity index (χ2n) is 9.57. The number of hydrogen-bond donors (Lipinski definition) is 2. The number of ketones is 1. The lowest BCUT2D eigenvalue weighted by atomic mass is 9.84. The number of carbonyl (C=O) groups is 2. The summed E-state index contributed by atoms with van der Waals surface area (Å²) in [7, 11) is 0. The minimum absolute atomic E-state index is 0.0192. The van der Waals surface area contributed by atoms with Crippen LogP contribution in [0.25, 0.3) is 0 Å². The molecule has 1 aromatic carbocycles. The summed E-state index contributed by atoms with van der Waals surface area (Å²) in [5.41, 5.74) is 0.950. The Bertz CT molecular complexity index is 740. The van der Waals surface area contributed by atoms with E-state index < -0.39 is 18.1 Å². The van der Waals surface area contributed by atoms with Gasteiger partial charge in [0.25, 0.3) is 5.92 Å². The molecule has 2 rings (SSSR count). The molecule has 0 aromatic heterocycles. The van der Waals surface area contributed by atoms with Crippen molar-refractivity contribution in [2.45, 2.75) is 109 Å². The van der Waals surface area contributed by atoms with E-state index >= 15 is 0 Å². The van der Waals surface area contributed by atoms with Gasteiger partial charge < -0.3 is 14.9 Å². The van der Waals surface area contributed by atoms with E-state index in [1.807, 2.05) is 37.3 Å². The Morgan fingerprint density at radius 2 is 1.82 bits per heavy atom. The van der Waals surface area contributed by atoms with Gasteiger partial charge in [0.2, 0.25) is 0 Å². The summed E-state index contributed by atoms with van der Waals surface area (Å²) >= 11 is 0. The molecule has 2 N–H and O–H groups in total. The fourth-order valence-electron chi connectivity index (χ4n) is 4.72. The Kier molecular flexibility index (Phi) is 12.1. The van der Waals surface area contributed by atoms with Crippen molar-refractivity contribution in [1.29, 1.82) is 0 Å². The van der Waals surface area contributed by atoms with Gasteiger partial charge >= 0.3 is 5.97 Å². The number of rotatable bonds is 16. The first kappa shape index (κ1) is 28.4. The fraction of sp³-hybridized carbons (Fsp3) is 0.704. The Balaban J connectivity index is 1.65. The third-order valence-corrected chi connectivity index (χ3v) is 6.85. The Hall–Kier alpha value is -1.86. The first-order chi connectivity index (χ1) is 16.2. The molecule has 5 nitrogen and oxygen atoms in total. The second kappa shape index (κ2) is 14.5. The van der Waals surface area contributed by atoms with Gasteiger partial charge in [-0.2, -0.15) is 0 Å². The van der Waals surface area contributed by atoms with Crippen molar-refractivity contribution in [1.82, 2.24) is 0 Å². The van der Waals surface area contributed by atoms with E-state index in [1.54, 1.807) is 0 Å². The zero-order chi connectivity index (χ0) is 25.0. The first-order valence-electron chi connectivity index (χ1n) is 12.7. The molecular formula is C27H40F2O5. The zero-order valence-electron chi connectivity index (χ0n) is 20.3. The predicted molar refractivity (Wildman–Crippen MR) is 126 cm³/mol. The fourth-order valence-corrected chi connectivity index (χ4v) is 4.72. The number of hydrogen-bond acceptors (Lipinski definition) is 5. The van der Waals surface area contributed by atoms with Crippen LogP contribution in [0.5, 0.6) is 0 Å². The van der Waals surface area contributed by atoms with Crippen molar-refractivity contribution < 1.29 is 33.3 Å². The Labute approximate surface area is 201 Å². The lowest BCUT2D eigenvalue weighted by Gasteiger charge is -2.26. The summed E-state index contributed by atoms with van der Waals surface area (Å²) in [5, 5.41) is 20.2. The molecule has 0 unspecified atom stereocenters. The molecule has 1 aliphatic rings. The van der Waals surface area contributed by atoms with Crippen molar-refractivity contribution in [2.75, 3.05) is 0 Å². The van der Waals surface area contributed by atoms with Gasteiger partial charge in [0, 0.05) is 25.2 Å². The Morgan fingerprint density at radius 3 is 2.53 bits per heavy atom. The van der Waals surface area contributed by atoms with Crippen LogP contribution in [0.4, 0.5) is 8.78 Å². The SMILES string of the molecule is CCCCC(F)(F)[C@H](O)CC[C@H]1[C@H](O)CC(=O)[C@@H]1CCCCCCC(=O)OCc1ccccc1. The third-order valence-electron chi connectivity index (χ3n) is 6.85. The van der Waals surface area contributed by atoms with E-state index in [-0.39, 0.29) is 55.9 Å². The largest absolute Gasteiger partial charge is 0.461 e. The predicted octanol–water partition coefficient (Wildman–Crippen LogP) is 5.60. The smallest absolute Gasteiger partial charge is 0.306 e. The number of aliphatic hydroxyl groups is 2. The number of carbonyl (C=O) groups excluding carboxylic acids is 2. The van der Waals surface area contributed by atoms with E-state index in [0.717, 1.165) is 24.8 Å². The standard InChI is InChI=1S/C27H40F2O5/c1-2-3-17-27(28,29)25(32)16-15-22-21(23(30)18-24(22)31)13-9-4-5-10-14-26(33)34-19-20-11-7-6-8-12-20/h6-8,11-12,21-22,24-25,31-32H,2-5,9-10,13-19H2,1H3/t21-,22-,24-,25-/m1/s1. The average molecular weight is 483 g/mol. The van der Waals surface area contributed by atoms with Gasteiger partial charge in [-0.05, 0) is 43.6 Å². The summed E-state index contributed by atoms with van der Waals surface area (Å²) in [4.78, 5) is 24.2. The monoisotopic (exact) mass is 482 g/mol. The normalized spacial score (nSPS) is 21.6.